The lowest BCUT2D eigenvalue weighted by Crippen LogP contribution is -2.50. The van der Waals surface area contributed by atoms with Gasteiger partial charge in [0.25, 0.3) is 5.56 Å². The smallest absolute Gasteiger partial charge is 0.386 e. The van der Waals surface area contributed by atoms with Crippen LogP contribution in [0.15, 0.2) is 23.6 Å². The summed E-state index contributed by atoms with van der Waals surface area (Å²) in [6.45, 7) is 1.41. The number of imidazole rings is 1. The molecule has 50 heavy (non-hydrogen) atoms. The first-order valence-corrected chi connectivity index (χ1v) is 24.0. The van der Waals surface area contributed by atoms with Crippen LogP contribution in [0.1, 0.15) is 45.4 Å². The van der Waals surface area contributed by atoms with Gasteiger partial charge >= 0.3 is 13.6 Å². The van der Waals surface area contributed by atoms with E-state index >= 15 is 0 Å². The Morgan fingerprint density at radius 3 is 2.58 bits per heavy atom. The van der Waals surface area contributed by atoms with Crippen molar-refractivity contribution in [1.29, 1.82) is 5.26 Å². The fraction of sp³-hybridized carbons (Fsp3) is 0.630. The van der Waals surface area contributed by atoms with Gasteiger partial charge in [0.15, 0.2) is 25.7 Å². The topological polar surface area (TPSA) is 241 Å². The first kappa shape index (κ1) is 37.4. The predicted octanol–water partition coefficient (Wildman–Crippen LogP) is 4.43. The van der Waals surface area contributed by atoms with E-state index in [4.69, 9.17) is 33.0 Å². The molecule has 0 spiro atoms. The van der Waals surface area contributed by atoms with E-state index in [2.05, 4.69) is 54.7 Å². The van der Waals surface area contributed by atoms with Crippen LogP contribution in [0.5, 0.6) is 0 Å². The second-order valence-corrected chi connectivity index (χ2v) is 24.4. The van der Waals surface area contributed by atoms with Crippen LogP contribution in [0.3, 0.4) is 0 Å². The highest BCUT2D eigenvalue weighted by molar-refractivity contribution is 8.44. The second kappa shape index (κ2) is 13.9. The summed E-state index contributed by atoms with van der Waals surface area (Å²) in [6, 6.07) is 1.74. The average Bonchev–Trinajstić information content (AvgIpc) is 3.69. The average molecular weight is 788 g/mol. The van der Waals surface area contributed by atoms with Gasteiger partial charge in [-0.2, -0.15) is 10.2 Å². The molecule has 1 saturated carbocycles. The Balaban J connectivity index is 1.35. The molecule has 3 fully saturated rings. The maximum Gasteiger partial charge on any atom is 0.386 e. The number of hydrogen-bond donors (Lipinski definition) is 5. The Bertz CT molecular complexity index is 1960. The summed E-state index contributed by atoms with van der Waals surface area (Å²) >= 11 is 8.68. The molecule has 2 bridgehead atoms. The quantitative estimate of drug-likeness (QED) is 0.136. The first-order valence-electron chi connectivity index (χ1n) is 15.7. The maximum absolute atomic E-state index is 14.1. The molecule has 4 N–H and O–H groups in total. The van der Waals surface area contributed by atoms with Crippen LogP contribution in [-0.2, 0) is 36.4 Å². The molecule has 23 heteroatoms. The monoisotopic (exact) mass is 787 g/mol. The Labute approximate surface area is 299 Å². The second-order valence-electron chi connectivity index (χ2n) is 13.9. The van der Waals surface area contributed by atoms with Crippen molar-refractivity contribution >= 4 is 69.3 Å². The molecule has 272 valence electrons. The Morgan fingerprint density at radius 2 is 1.86 bits per heavy atom. The molecule has 1 aliphatic carbocycles. The van der Waals surface area contributed by atoms with Crippen molar-refractivity contribution in [3.05, 3.63) is 34.8 Å². The molecule has 2 saturated heterocycles. The number of fused-ring (bicyclic) bond motifs is 4. The fourth-order valence-electron chi connectivity index (χ4n) is 5.94. The standard InChI is InChI=1S/C27H39N9O9P2S2Si/c1-27(2,3)50(4,5)45-20-18-11-41-46(38,48)43-17-7-16(33-22-15(8-28)9-30-12-31-22)6-14(17)10-40-47(39,49)44-21(20)25(42-18)36-13-32-19-23(36)34-26(29)35-24(19)37/h9,12-14,16-18,20-21,25H,6-7,10-11H2,1-5H3,(H,38,48)(H,39,49)(H,30,31,33)(H3,29,34,35,37)/t14-,16-,17+,18-,20-,21-,25-,46+,47-/m1/s1. The van der Waals surface area contributed by atoms with Gasteiger partial charge in [0.1, 0.15) is 42.1 Å². The van der Waals surface area contributed by atoms with Crippen molar-refractivity contribution in [3.63, 3.8) is 0 Å². The largest absolute Gasteiger partial charge is 0.408 e. The third-order valence-electron chi connectivity index (χ3n) is 9.43. The molecule has 2 aliphatic heterocycles. The first-order chi connectivity index (χ1) is 23.4. The number of hydrogen-bond acceptors (Lipinski definition) is 16. The number of H-pyrrole nitrogens is 1. The lowest BCUT2D eigenvalue weighted by Gasteiger charge is -2.40. The highest BCUT2D eigenvalue weighted by atomic mass is 32.7. The normalized spacial score (nSPS) is 33.9. The summed E-state index contributed by atoms with van der Waals surface area (Å²) in [4.78, 5) is 31.6. The van der Waals surface area contributed by atoms with Crippen LogP contribution in [0.4, 0.5) is 11.8 Å². The Hall–Kier alpha value is -2.34. The molecule has 0 aromatic carbocycles. The van der Waals surface area contributed by atoms with Crippen molar-refractivity contribution in [1.82, 2.24) is 29.5 Å². The van der Waals surface area contributed by atoms with Crippen LogP contribution >= 0.6 is 38.1 Å². The third-order valence-corrected chi connectivity index (χ3v) is 17.2. The number of thiol groups is 2. The van der Waals surface area contributed by atoms with Crippen LogP contribution in [0.2, 0.25) is 18.1 Å². The minimum absolute atomic E-state index is 0.0182. The Morgan fingerprint density at radius 1 is 1.14 bits per heavy atom. The zero-order chi connectivity index (χ0) is 36.2. The maximum atomic E-state index is 14.1. The number of nitrogens with two attached hydrogens (primary N) is 1. The van der Waals surface area contributed by atoms with Crippen molar-refractivity contribution < 1.29 is 36.4 Å². The van der Waals surface area contributed by atoms with Gasteiger partial charge < -0.3 is 24.7 Å². The molecule has 6 rings (SSSR count). The summed E-state index contributed by atoms with van der Waals surface area (Å²) in [7, 11) is -2.61. The van der Waals surface area contributed by atoms with Gasteiger partial charge in [-0.3, -0.25) is 27.9 Å². The number of nitriles is 1. The molecule has 0 unspecified atom stereocenters. The van der Waals surface area contributed by atoms with Gasteiger partial charge in [-0.1, -0.05) is 45.3 Å². The molecule has 18 nitrogen and oxygen atoms in total. The lowest BCUT2D eigenvalue weighted by atomic mass is 10.1. The van der Waals surface area contributed by atoms with Gasteiger partial charge in [0, 0.05) is 12.0 Å². The van der Waals surface area contributed by atoms with Crippen LogP contribution in [-0.4, -0.2) is 81.5 Å². The lowest BCUT2D eigenvalue weighted by molar-refractivity contribution is -0.0482. The van der Waals surface area contributed by atoms with E-state index in [0.717, 1.165) is 0 Å². The van der Waals surface area contributed by atoms with E-state index < -0.39 is 64.0 Å². The van der Waals surface area contributed by atoms with Crippen molar-refractivity contribution in [2.45, 2.75) is 88.4 Å². The van der Waals surface area contributed by atoms with Gasteiger partial charge in [0.05, 0.1) is 31.8 Å². The predicted molar refractivity (Wildman–Crippen MR) is 190 cm³/mol. The number of aromatic amines is 1. The summed E-state index contributed by atoms with van der Waals surface area (Å²) in [5.74, 6) is -0.308. The summed E-state index contributed by atoms with van der Waals surface area (Å²) in [5.41, 5.74) is 5.60. The molecule has 0 amide bonds. The van der Waals surface area contributed by atoms with E-state index in [0.29, 0.717) is 18.7 Å². The Kier molecular flexibility index (Phi) is 10.4. The molecule has 5 heterocycles. The summed E-state index contributed by atoms with van der Waals surface area (Å²) in [6.07, 6.45) is -0.286. The molecule has 3 aromatic rings. The summed E-state index contributed by atoms with van der Waals surface area (Å²) in [5, 5.41) is 12.4. The number of nitrogen functional groups attached to an aromatic ring is 1. The molecular formula is C27H39N9O9P2S2Si. The highest BCUT2D eigenvalue weighted by Crippen LogP contribution is 2.61. The number of anilines is 2. The van der Waals surface area contributed by atoms with Crippen LogP contribution in [0, 0.1) is 17.2 Å². The zero-order valence-corrected chi connectivity index (χ0v) is 32.4. The van der Waals surface area contributed by atoms with E-state index in [1.807, 2.05) is 39.9 Å². The number of nitrogens with zero attached hydrogens (tertiary/aromatic N) is 6. The third kappa shape index (κ3) is 7.86. The molecule has 3 aliphatic rings. The minimum atomic E-state index is -4.21. The van der Waals surface area contributed by atoms with Gasteiger partial charge in [-0.15, -0.1) is 0 Å². The number of nitrogens with one attached hydrogen (secondary N) is 2. The van der Waals surface area contributed by atoms with Crippen molar-refractivity contribution in [2.24, 2.45) is 5.92 Å². The summed E-state index contributed by atoms with van der Waals surface area (Å²) < 4.78 is 66.6. The minimum Gasteiger partial charge on any atom is -0.408 e. The van der Waals surface area contributed by atoms with E-state index in [1.165, 1.54) is 23.4 Å². The van der Waals surface area contributed by atoms with Crippen molar-refractivity contribution in [2.75, 3.05) is 24.3 Å². The number of rotatable bonds is 5. The van der Waals surface area contributed by atoms with Gasteiger partial charge in [-0.05, 0) is 31.0 Å². The molecule has 0 radical (unpaired) electrons. The highest BCUT2D eigenvalue weighted by Gasteiger charge is 2.55. The molecule has 9 atom stereocenters. The number of ether oxygens (including phenoxy) is 1. The van der Waals surface area contributed by atoms with Crippen molar-refractivity contribution in [3.8, 4) is 6.07 Å². The molecule has 3 aromatic heterocycles. The molecular weight excluding hydrogens is 749 g/mol. The van der Waals surface area contributed by atoms with Gasteiger partial charge in [-0.25, -0.2) is 24.1 Å². The van der Waals surface area contributed by atoms with Crippen LogP contribution < -0.4 is 16.6 Å². The van der Waals surface area contributed by atoms with Gasteiger partial charge in [0.2, 0.25) is 5.95 Å². The SMILES string of the molecule is CC(C)(C)[Si](C)(C)O[C@H]1[C@H]2O[P@](=O)(S)OC[C@H]3C[C@@H](Nc4ncncc4C#N)C[C@@H]3O[P@@](=O)(S)OC[C@H]1O[C@H]2n1cnc2c(=O)[nH]c(N)nc21. The van der Waals surface area contributed by atoms with E-state index in [-0.39, 0.29) is 47.0 Å². The zero-order valence-electron chi connectivity index (χ0n) is 27.8. The number of aromatic nitrogens is 6. The van der Waals surface area contributed by atoms with E-state index in [1.54, 1.807) is 0 Å². The van der Waals surface area contributed by atoms with E-state index in [9.17, 15) is 19.2 Å². The van der Waals surface area contributed by atoms with Crippen LogP contribution in [0.25, 0.3) is 11.2 Å². The fourth-order valence-corrected chi connectivity index (χ4v) is 10.3.